The maximum atomic E-state index is 14.2. The van der Waals surface area contributed by atoms with Crippen molar-refractivity contribution in [1.29, 1.82) is 0 Å². The Hall–Kier alpha value is -3.64. The Kier molecular flexibility index (Phi) is 6.82. The van der Waals surface area contributed by atoms with E-state index in [-0.39, 0.29) is 11.1 Å². The second-order valence-electron chi connectivity index (χ2n) is 8.34. The van der Waals surface area contributed by atoms with Crippen LogP contribution < -0.4 is 15.5 Å². The number of aromatic amines is 1. The Balaban J connectivity index is 1.13. The van der Waals surface area contributed by atoms with Gasteiger partial charge in [-0.25, -0.2) is 14.4 Å². The van der Waals surface area contributed by atoms with Crippen molar-refractivity contribution in [3.8, 4) is 11.3 Å². The molecule has 2 fully saturated rings. The number of nitrogens with one attached hydrogen (secondary N) is 3. The average Bonchev–Trinajstić information content (AvgIpc) is 3.51. The summed E-state index contributed by atoms with van der Waals surface area (Å²) in [5.41, 5.74) is 2.66. The number of amides is 2. The zero-order valence-electron chi connectivity index (χ0n) is 18.7. The first-order valence-corrected chi connectivity index (χ1v) is 12.0. The number of halogens is 1. The monoisotopic (exact) mass is 494 g/mol. The van der Waals surface area contributed by atoms with Crippen molar-refractivity contribution in [3.05, 3.63) is 58.9 Å². The summed E-state index contributed by atoms with van der Waals surface area (Å²) >= 11 is 0.866. The second kappa shape index (κ2) is 10.3. The highest BCUT2D eigenvalue weighted by Crippen LogP contribution is 2.26. The summed E-state index contributed by atoms with van der Waals surface area (Å²) < 4.78 is 14.2. The molecule has 2 aliphatic heterocycles. The van der Waals surface area contributed by atoms with Gasteiger partial charge in [0.1, 0.15) is 5.82 Å². The van der Waals surface area contributed by atoms with E-state index in [1.807, 2.05) is 0 Å². The van der Waals surface area contributed by atoms with E-state index in [2.05, 4.69) is 40.7 Å². The highest BCUT2D eigenvalue weighted by molar-refractivity contribution is 8.18. The van der Waals surface area contributed by atoms with Gasteiger partial charge in [-0.1, -0.05) is 0 Å². The van der Waals surface area contributed by atoms with Crippen molar-refractivity contribution in [1.82, 2.24) is 35.8 Å². The van der Waals surface area contributed by atoms with Crippen LogP contribution in [0.25, 0.3) is 17.3 Å². The minimum Gasteiger partial charge on any atom is -0.341 e. The van der Waals surface area contributed by atoms with Crippen molar-refractivity contribution in [2.75, 3.05) is 24.5 Å². The molecule has 3 aromatic rings. The molecule has 2 amide bonds. The van der Waals surface area contributed by atoms with E-state index in [1.165, 1.54) is 6.20 Å². The number of carbonyl (C=O) groups is 2. The lowest BCUT2D eigenvalue weighted by Crippen LogP contribution is -2.38. The van der Waals surface area contributed by atoms with E-state index in [0.29, 0.717) is 40.3 Å². The van der Waals surface area contributed by atoms with Crippen LogP contribution in [-0.2, 0) is 11.3 Å². The van der Waals surface area contributed by atoms with E-state index < -0.39 is 5.91 Å². The first-order chi connectivity index (χ1) is 17.0. The van der Waals surface area contributed by atoms with Crippen molar-refractivity contribution >= 4 is 34.9 Å². The molecule has 2 saturated heterocycles. The van der Waals surface area contributed by atoms with E-state index in [0.717, 1.165) is 49.8 Å². The molecule has 2 aliphatic rings. The molecule has 5 heterocycles. The lowest BCUT2D eigenvalue weighted by molar-refractivity contribution is -0.115. The van der Waals surface area contributed by atoms with Crippen molar-refractivity contribution in [2.45, 2.75) is 19.4 Å². The van der Waals surface area contributed by atoms with Gasteiger partial charge < -0.3 is 10.2 Å². The normalized spacial score (nSPS) is 17.9. The molecule has 3 aromatic heterocycles. The number of nitrogens with zero attached hydrogens (tertiary/aromatic N) is 5. The lowest BCUT2D eigenvalue weighted by atomic mass is 9.97. The van der Waals surface area contributed by atoms with Crippen LogP contribution in [0.4, 0.5) is 15.1 Å². The number of aromatic nitrogens is 5. The minimum atomic E-state index is -0.405. The molecule has 0 aliphatic carbocycles. The van der Waals surface area contributed by atoms with Gasteiger partial charge >= 0.3 is 0 Å². The fourth-order valence-corrected chi connectivity index (χ4v) is 4.73. The van der Waals surface area contributed by atoms with Gasteiger partial charge in [-0.3, -0.25) is 25.0 Å². The Labute approximate surface area is 204 Å². The van der Waals surface area contributed by atoms with Crippen LogP contribution in [0.2, 0.25) is 0 Å². The summed E-state index contributed by atoms with van der Waals surface area (Å²) in [7, 11) is 0. The third kappa shape index (κ3) is 5.54. The van der Waals surface area contributed by atoms with Crippen LogP contribution in [0.15, 0.2) is 41.8 Å². The molecule has 5 rings (SSSR count). The number of rotatable bonds is 7. The Morgan fingerprint density at radius 2 is 2.09 bits per heavy atom. The fraction of sp³-hybridized carbons (Fsp3) is 0.304. The average molecular weight is 495 g/mol. The number of anilines is 1. The zero-order chi connectivity index (χ0) is 24.2. The van der Waals surface area contributed by atoms with Crippen LogP contribution in [0, 0.1) is 11.7 Å². The SMILES string of the molecule is O=C1NC(=O)C(=Cc2ccnc(N3CCC(CNCc4cc(-c5cn[nH]c5)ncc4F)CC3)n2)S1. The quantitative estimate of drug-likeness (QED) is 0.425. The minimum absolute atomic E-state index is 0.326. The third-order valence-electron chi connectivity index (χ3n) is 5.96. The Morgan fingerprint density at radius 1 is 1.23 bits per heavy atom. The van der Waals surface area contributed by atoms with Crippen molar-refractivity contribution in [3.63, 3.8) is 0 Å². The summed E-state index contributed by atoms with van der Waals surface area (Å²) in [5.74, 6) is 0.327. The number of hydrogen-bond donors (Lipinski definition) is 3. The Bertz CT molecular complexity index is 1260. The first kappa shape index (κ1) is 23.1. The molecule has 0 spiro atoms. The molecular weight excluding hydrogens is 471 g/mol. The zero-order valence-corrected chi connectivity index (χ0v) is 19.5. The first-order valence-electron chi connectivity index (χ1n) is 11.2. The van der Waals surface area contributed by atoms with Gasteiger partial charge in [-0.05, 0) is 55.3 Å². The van der Waals surface area contributed by atoms with E-state index in [4.69, 9.17) is 0 Å². The smallest absolute Gasteiger partial charge is 0.290 e. The molecule has 0 unspecified atom stereocenters. The predicted octanol–water partition coefficient (Wildman–Crippen LogP) is 2.73. The largest absolute Gasteiger partial charge is 0.341 e. The summed E-state index contributed by atoms with van der Waals surface area (Å²) in [6, 6.07) is 3.46. The number of pyridine rings is 1. The van der Waals surface area contributed by atoms with Crippen LogP contribution in [0.3, 0.4) is 0 Å². The molecule has 0 saturated carbocycles. The standard InChI is InChI=1S/C23H23FN8O2S/c24-18-13-27-19(16-11-28-29-12-16)7-15(18)10-25-9-14-2-5-32(6-3-14)22-26-4-1-17(30-22)8-20-21(33)31-23(34)35-20/h1,4,7-8,11-14,25H,2-3,5-6,9-10H2,(H,28,29)(H,31,33,34). The third-order valence-corrected chi connectivity index (χ3v) is 6.77. The lowest BCUT2D eigenvalue weighted by Gasteiger charge is -2.32. The molecule has 12 heteroatoms. The van der Waals surface area contributed by atoms with E-state index >= 15 is 0 Å². The maximum Gasteiger partial charge on any atom is 0.290 e. The summed E-state index contributed by atoms with van der Waals surface area (Å²) in [4.78, 5) is 38.6. The number of piperidine rings is 1. The van der Waals surface area contributed by atoms with Crippen LogP contribution in [-0.4, -0.2) is 55.9 Å². The van der Waals surface area contributed by atoms with Crippen LogP contribution in [0.1, 0.15) is 24.1 Å². The fourth-order valence-electron chi connectivity index (χ4n) is 4.06. The highest BCUT2D eigenvalue weighted by atomic mass is 32.2. The molecular formula is C23H23FN8O2S. The Morgan fingerprint density at radius 3 is 2.83 bits per heavy atom. The molecule has 180 valence electrons. The van der Waals surface area contributed by atoms with Gasteiger partial charge in [0.25, 0.3) is 11.1 Å². The van der Waals surface area contributed by atoms with Gasteiger partial charge in [0.2, 0.25) is 5.95 Å². The number of imide groups is 1. The summed E-state index contributed by atoms with van der Waals surface area (Å²) in [6.45, 7) is 2.81. The van der Waals surface area contributed by atoms with Gasteiger partial charge in [0.15, 0.2) is 0 Å². The molecule has 35 heavy (non-hydrogen) atoms. The van der Waals surface area contributed by atoms with Gasteiger partial charge in [-0.2, -0.15) is 5.10 Å². The van der Waals surface area contributed by atoms with Gasteiger partial charge in [0, 0.05) is 43.2 Å². The van der Waals surface area contributed by atoms with Gasteiger partial charge in [0.05, 0.1) is 28.7 Å². The van der Waals surface area contributed by atoms with Crippen LogP contribution >= 0.6 is 11.8 Å². The van der Waals surface area contributed by atoms with Crippen LogP contribution in [0.5, 0.6) is 0 Å². The molecule has 0 bridgehead atoms. The summed E-state index contributed by atoms with van der Waals surface area (Å²) in [6.07, 6.45) is 9.80. The highest BCUT2D eigenvalue weighted by Gasteiger charge is 2.26. The number of hydrogen-bond acceptors (Lipinski definition) is 9. The molecule has 0 aromatic carbocycles. The molecule has 0 radical (unpaired) electrons. The number of carbonyl (C=O) groups excluding carboxylic acids is 2. The maximum absolute atomic E-state index is 14.2. The number of H-pyrrole nitrogens is 1. The molecule has 10 nitrogen and oxygen atoms in total. The van der Waals surface area contributed by atoms with Crippen molar-refractivity contribution in [2.24, 2.45) is 5.92 Å². The topological polar surface area (TPSA) is 129 Å². The number of thioether (sulfide) groups is 1. The molecule has 0 atom stereocenters. The predicted molar refractivity (Wildman–Crippen MR) is 130 cm³/mol. The van der Waals surface area contributed by atoms with E-state index in [1.54, 1.807) is 36.8 Å². The molecule has 3 N–H and O–H groups in total. The second-order valence-corrected chi connectivity index (χ2v) is 9.36. The summed E-state index contributed by atoms with van der Waals surface area (Å²) in [5, 5.41) is 11.9. The van der Waals surface area contributed by atoms with Gasteiger partial charge in [-0.15, -0.1) is 0 Å². The van der Waals surface area contributed by atoms with E-state index in [9.17, 15) is 14.0 Å². The van der Waals surface area contributed by atoms with Crippen molar-refractivity contribution < 1.29 is 14.0 Å².